The molecule has 0 radical (unpaired) electrons. The van der Waals surface area contributed by atoms with Crippen LogP contribution in [0.2, 0.25) is 0 Å². The first-order chi connectivity index (χ1) is 10.7. The van der Waals surface area contributed by atoms with Gasteiger partial charge in [0.1, 0.15) is 0 Å². The molecule has 0 aliphatic carbocycles. The van der Waals surface area contributed by atoms with E-state index in [0.717, 1.165) is 55.7 Å². The second-order valence-electron chi connectivity index (χ2n) is 6.05. The van der Waals surface area contributed by atoms with Crippen molar-refractivity contribution in [1.82, 2.24) is 15.1 Å². The largest absolute Gasteiger partial charge is 0.393 e. The summed E-state index contributed by atoms with van der Waals surface area (Å²) in [5.74, 6) is 0. The number of H-pyrrole nitrogens is 1. The number of hydrogen-bond donors (Lipinski definition) is 3. The number of nitrogens with zero attached hydrogens (tertiary/aromatic N) is 2. The van der Waals surface area contributed by atoms with Gasteiger partial charge in [-0.3, -0.25) is 5.10 Å². The van der Waals surface area contributed by atoms with Crippen LogP contribution >= 0.6 is 0 Å². The van der Waals surface area contributed by atoms with Gasteiger partial charge in [-0.2, -0.15) is 5.10 Å². The predicted molar refractivity (Wildman–Crippen MR) is 87.2 cm³/mol. The minimum absolute atomic E-state index is 0.0556. The van der Waals surface area contributed by atoms with Crippen LogP contribution in [0.25, 0.3) is 11.3 Å². The van der Waals surface area contributed by atoms with Gasteiger partial charge in [0.25, 0.3) is 0 Å². The van der Waals surface area contributed by atoms with Crippen molar-refractivity contribution in [1.29, 1.82) is 0 Å². The van der Waals surface area contributed by atoms with Crippen LogP contribution in [0.15, 0.2) is 36.5 Å². The molecular formula is C17H24N4O. The Balaban J connectivity index is 1.53. The molecule has 1 fully saturated rings. The van der Waals surface area contributed by atoms with Crippen LogP contribution in [0.4, 0.5) is 0 Å². The van der Waals surface area contributed by atoms with E-state index in [1.54, 1.807) is 0 Å². The Bertz CT molecular complexity index is 559. The third-order valence-corrected chi connectivity index (χ3v) is 4.45. The summed E-state index contributed by atoms with van der Waals surface area (Å²) in [7, 11) is 0. The zero-order chi connectivity index (χ0) is 15.4. The first kappa shape index (κ1) is 15.2. The number of piperidine rings is 1. The second kappa shape index (κ2) is 7.05. The molecule has 1 aliphatic rings. The van der Waals surface area contributed by atoms with Crippen LogP contribution in [-0.2, 0) is 0 Å². The van der Waals surface area contributed by atoms with Crippen LogP contribution < -0.4 is 5.73 Å². The van der Waals surface area contributed by atoms with Gasteiger partial charge < -0.3 is 15.7 Å². The minimum Gasteiger partial charge on any atom is -0.393 e. The van der Waals surface area contributed by atoms with Gasteiger partial charge in [-0.1, -0.05) is 24.3 Å². The lowest BCUT2D eigenvalue weighted by Crippen LogP contribution is -2.37. The topological polar surface area (TPSA) is 78.2 Å². The molecule has 4 N–H and O–H groups in total. The van der Waals surface area contributed by atoms with Crippen molar-refractivity contribution < 1.29 is 5.11 Å². The van der Waals surface area contributed by atoms with Gasteiger partial charge in [0, 0.05) is 30.9 Å². The Hall–Kier alpha value is -1.69. The van der Waals surface area contributed by atoms with Crippen LogP contribution in [-0.4, -0.2) is 45.9 Å². The fourth-order valence-corrected chi connectivity index (χ4v) is 2.95. The number of aliphatic hydroxyl groups is 1. The Labute approximate surface area is 131 Å². The number of aliphatic hydroxyl groups excluding tert-OH is 1. The lowest BCUT2D eigenvalue weighted by atomic mass is 10.0. The lowest BCUT2D eigenvalue weighted by Gasteiger charge is -2.30. The van der Waals surface area contributed by atoms with E-state index < -0.39 is 0 Å². The lowest BCUT2D eigenvalue weighted by molar-refractivity contribution is 0.0812. The van der Waals surface area contributed by atoms with Crippen LogP contribution in [0.1, 0.15) is 30.9 Å². The van der Waals surface area contributed by atoms with Gasteiger partial charge >= 0.3 is 0 Å². The highest BCUT2D eigenvalue weighted by Crippen LogP contribution is 2.21. The zero-order valence-electron chi connectivity index (χ0n) is 12.8. The summed E-state index contributed by atoms with van der Waals surface area (Å²) in [5.41, 5.74) is 9.52. The molecule has 0 bridgehead atoms. The summed E-state index contributed by atoms with van der Waals surface area (Å²) in [4.78, 5) is 2.39. The first-order valence-corrected chi connectivity index (χ1v) is 7.98. The number of aromatic amines is 1. The normalized spacial score (nSPS) is 18.5. The molecule has 0 unspecified atom stereocenters. The van der Waals surface area contributed by atoms with Crippen LogP contribution in [0, 0.1) is 0 Å². The number of rotatable bonds is 5. The van der Waals surface area contributed by atoms with Crippen molar-refractivity contribution in [2.24, 2.45) is 5.73 Å². The summed E-state index contributed by atoms with van der Waals surface area (Å²) in [5, 5.41) is 16.5. The Morgan fingerprint density at radius 2 is 1.95 bits per heavy atom. The number of nitrogens with one attached hydrogen (secondary N) is 1. The van der Waals surface area contributed by atoms with E-state index in [4.69, 9.17) is 5.73 Å². The van der Waals surface area contributed by atoms with E-state index in [1.165, 1.54) is 0 Å². The van der Waals surface area contributed by atoms with Gasteiger partial charge in [0.05, 0.1) is 11.8 Å². The van der Waals surface area contributed by atoms with E-state index in [1.807, 2.05) is 12.3 Å². The molecule has 1 aromatic heterocycles. The van der Waals surface area contributed by atoms with E-state index in [2.05, 4.69) is 39.4 Å². The molecule has 1 aromatic carbocycles. The number of aromatic nitrogens is 2. The molecule has 22 heavy (non-hydrogen) atoms. The van der Waals surface area contributed by atoms with Crippen molar-refractivity contribution in [3.63, 3.8) is 0 Å². The highest BCUT2D eigenvalue weighted by Gasteiger charge is 2.17. The van der Waals surface area contributed by atoms with Gasteiger partial charge in [-0.15, -0.1) is 0 Å². The van der Waals surface area contributed by atoms with E-state index in [-0.39, 0.29) is 12.1 Å². The summed E-state index contributed by atoms with van der Waals surface area (Å²) in [6.45, 7) is 2.95. The number of benzene rings is 1. The van der Waals surface area contributed by atoms with Crippen LogP contribution in [0.3, 0.4) is 0 Å². The molecular weight excluding hydrogens is 276 g/mol. The third kappa shape index (κ3) is 3.74. The average molecular weight is 300 g/mol. The molecule has 0 amide bonds. The molecule has 1 atom stereocenters. The standard InChI is InChI=1S/C17H24N4O/c18-16(8-12-21-10-6-15(22)7-11-21)13-1-3-14(4-2-13)17-5-9-19-20-17/h1-5,9,15-16,22H,6-8,10-12,18H2,(H,19,20)/t16-/m1/s1. The Morgan fingerprint density at radius 3 is 2.59 bits per heavy atom. The summed E-state index contributed by atoms with van der Waals surface area (Å²) in [6.07, 6.45) is 4.42. The maximum absolute atomic E-state index is 9.53. The van der Waals surface area contributed by atoms with E-state index >= 15 is 0 Å². The summed E-state index contributed by atoms with van der Waals surface area (Å²) < 4.78 is 0. The predicted octanol–water partition coefficient (Wildman–Crippen LogP) is 1.92. The maximum atomic E-state index is 9.53. The SMILES string of the molecule is N[C@H](CCN1CCC(O)CC1)c1ccc(-c2cc[nH]n2)cc1. The first-order valence-electron chi connectivity index (χ1n) is 7.98. The van der Waals surface area contributed by atoms with E-state index in [9.17, 15) is 5.11 Å². The molecule has 5 nitrogen and oxygen atoms in total. The second-order valence-corrected chi connectivity index (χ2v) is 6.05. The molecule has 118 valence electrons. The smallest absolute Gasteiger partial charge is 0.0920 e. The van der Waals surface area contributed by atoms with Gasteiger partial charge in [-0.05, 0) is 37.4 Å². The number of hydrogen-bond acceptors (Lipinski definition) is 4. The number of likely N-dealkylation sites (tertiary alicyclic amines) is 1. The summed E-state index contributed by atoms with van der Waals surface area (Å²) in [6, 6.07) is 10.3. The van der Waals surface area contributed by atoms with Crippen molar-refractivity contribution in [3.8, 4) is 11.3 Å². The molecule has 0 spiro atoms. The molecule has 2 aromatic rings. The molecule has 1 saturated heterocycles. The molecule has 3 rings (SSSR count). The number of nitrogens with two attached hydrogens (primary N) is 1. The minimum atomic E-state index is -0.112. The van der Waals surface area contributed by atoms with Crippen molar-refractivity contribution in [2.75, 3.05) is 19.6 Å². The Morgan fingerprint density at radius 1 is 1.23 bits per heavy atom. The van der Waals surface area contributed by atoms with Crippen molar-refractivity contribution in [3.05, 3.63) is 42.1 Å². The quantitative estimate of drug-likeness (QED) is 0.788. The third-order valence-electron chi connectivity index (χ3n) is 4.45. The molecule has 1 aliphatic heterocycles. The van der Waals surface area contributed by atoms with Gasteiger partial charge in [-0.25, -0.2) is 0 Å². The fraction of sp³-hybridized carbons (Fsp3) is 0.471. The molecule has 0 saturated carbocycles. The Kier molecular flexibility index (Phi) is 4.87. The van der Waals surface area contributed by atoms with Gasteiger partial charge in [0.15, 0.2) is 0 Å². The summed E-state index contributed by atoms with van der Waals surface area (Å²) >= 11 is 0. The van der Waals surface area contributed by atoms with Crippen molar-refractivity contribution in [2.45, 2.75) is 31.4 Å². The monoisotopic (exact) mass is 300 g/mol. The zero-order valence-corrected chi connectivity index (χ0v) is 12.8. The average Bonchev–Trinajstić information content (AvgIpc) is 3.09. The molecule has 2 heterocycles. The van der Waals surface area contributed by atoms with Crippen LogP contribution in [0.5, 0.6) is 0 Å². The highest BCUT2D eigenvalue weighted by atomic mass is 16.3. The highest BCUT2D eigenvalue weighted by molar-refractivity contribution is 5.58. The molecule has 5 heteroatoms. The van der Waals surface area contributed by atoms with Crippen molar-refractivity contribution >= 4 is 0 Å². The van der Waals surface area contributed by atoms with Gasteiger partial charge in [0.2, 0.25) is 0 Å². The maximum Gasteiger partial charge on any atom is 0.0920 e. The fourth-order valence-electron chi connectivity index (χ4n) is 2.95. The van der Waals surface area contributed by atoms with E-state index in [0.29, 0.717) is 0 Å².